The average Bonchev–Trinajstić information content (AvgIpc) is 2.86. The number of aromatic nitrogens is 3. The molecule has 0 aliphatic heterocycles. The van der Waals surface area contributed by atoms with Crippen LogP contribution in [0.2, 0.25) is 0 Å². The fourth-order valence-electron chi connectivity index (χ4n) is 1.81. The SMILES string of the molecule is CCOc1ccc(CCNc2n[nH]c(N)n2)cc1OC. The molecule has 7 heteroatoms. The molecule has 0 fully saturated rings. The monoisotopic (exact) mass is 277 g/mol. The van der Waals surface area contributed by atoms with Gasteiger partial charge in [-0.05, 0) is 31.0 Å². The predicted octanol–water partition coefficient (Wildman–Crippen LogP) is 1.45. The number of nitrogens with one attached hydrogen (secondary N) is 2. The molecular formula is C13H19N5O2. The number of nitrogens with zero attached hydrogens (tertiary/aromatic N) is 2. The van der Waals surface area contributed by atoms with Crippen molar-refractivity contribution in [2.45, 2.75) is 13.3 Å². The summed E-state index contributed by atoms with van der Waals surface area (Å²) in [6, 6.07) is 5.91. The number of hydrogen-bond donors (Lipinski definition) is 3. The first-order valence-corrected chi connectivity index (χ1v) is 6.44. The largest absolute Gasteiger partial charge is 0.493 e. The van der Waals surface area contributed by atoms with Crippen molar-refractivity contribution in [2.75, 3.05) is 31.3 Å². The van der Waals surface area contributed by atoms with Crippen LogP contribution in [0.15, 0.2) is 18.2 Å². The molecule has 0 aliphatic rings. The third-order valence-corrected chi connectivity index (χ3v) is 2.73. The second-order valence-corrected chi connectivity index (χ2v) is 4.14. The lowest BCUT2D eigenvalue weighted by molar-refractivity contribution is 0.310. The molecule has 7 nitrogen and oxygen atoms in total. The molecule has 0 bridgehead atoms. The van der Waals surface area contributed by atoms with Crippen LogP contribution >= 0.6 is 0 Å². The summed E-state index contributed by atoms with van der Waals surface area (Å²) < 4.78 is 10.8. The molecule has 0 amide bonds. The van der Waals surface area contributed by atoms with E-state index in [1.165, 1.54) is 0 Å². The van der Waals surface area contributed by atoms with Crippen molar-refractivity contribution >= 4 is 11.9 Å². The zero-order valence-electron chi connectivity index (χ0n) is 11.6. The minimum absolute atomic E-state index is 0.301. The highest BCUT2D eigenvalue weighted by Gasteiger charge is 2.05. The zero-order chi connectivity index (χ0) is 14.4. The molecule has 20 heavy (non-hydrogen) atoms. The molecule has 0 unspecified atom stereocenters. The lowest BCUT2D eigenvalue weighted by atomic mass is 10.1. The van der Waals surface area contributed by atoms with E-state index in [9.17, 15) is 0 Å². The number of aromatic amines is 1. The first-order valence-electron chi connectivity index (χ1n) is 6.44. The predicted molar refractivity (Wildman–Crippen MR) is 77.2 cm³/mol. The Labute approximate surface area is 117 Å². The molecule has 2 rings (SSSR count). The molecule has 0 saturated carbocycles. The third kappa shape index (κ3) is 3.53. The number of hydrogen-bond acceptors (Lipinski definition) is 6. The van der Waals surface area contributed by atoms with Crippen LogP contribution in [0.4, 0.5) is 11.9 Å². The number of H-pyrrole nitrogens is 1. The number of ether oxygens (including phenoxy) is 2. The summed E-state index contributed by atoms with van der Waals surface area (Å²) in [5, 5.41) is 9.56. The molecule has 0 spiro atoms. The Morgan fingerprint density at radius 3 is 2.85 bits per heavy atom. The summed E-state index contributed by atoms with van der Waals surface area (Å²) >= 11 is 0. The Balaban J connectivity index is 1.92. The molecule has 2 aromatic rings. The highest BCUT2D eigenvalue weighted by atomic mass is 16.5. The highest BCUT2D eigenvalue weighted by molar-refractivity contribution is 5.43. The van der Waals surface area contributed by atoms with E-state index in [0.29, 0.717) is 25.0 Å². The van der Waals surface area contributed by atoms with Crippen molar-refractivity contribution in [3.8, 4) is 11.5 Å². The van der Waals surface area contributed by atoms with Crippen molar-refractivity contribution in [1.82, 2.24) is 15.2 Å². The molecule has 1 heterocycles. The molecule has 1 aromatic heterocycles. The van der Waals surface area contributed by atoms with Gasteiger partial charge in [0, 0.05) is 6.54 Å². The van der Waals surface area contributed by atoms with Crippen molar-refractivity contribution in [3.05, 3.63) is 23.8 Å². The Morgan fingerprint density at radius 2 is 2.20 bits per heavy atom. The Kier molecular flexibility index (Phi) is 4.65. The number of nitrogens with two attached hydrogens (primary N) is 1. The highest BCUT2D eigenvalue weighted by Crippen LogP contribution is 2.28. The van der Waals surface area contributed by atoms with Gasteiger partial charge in [-0.15, -0.1) is 5.10 Å². The first-order chi connectivity index (χ1) is 9.72. The van der Waals surface area contributed by atoms with E-state index < -0.39 is 0 Å². The van der Waals surface area contributed by atoms with Gasteiger partial charge < -0.3 is 20.5 Å². The van der Waals surface area contributed by atoms with E-state index in [0.717, 1.165) is 23.5 Å². The Bertz CT molecular complexity index is 555. The van der Waals surface area contributed by atoms with Crippen molar-refractivity contribution in [2.24, 2.45) is 0 Å². The van der Waals surface area contributed by atoms with Crippen molar-refractivity contribution in [3.63, 3.8) is 0 Å². The van der Waals surface area contributed by atoms with Gasteiger partial charge in [0.05, 0.1) is 13.7 Å². The maximum atomic E-state index is 5.48. The van der Waals surface area contributed by atoms with Crippen LogP contribution in [0.5, 0.6) is 11.5 Å². The van der Waals surface area contributed by atoms with Crippen LogP contribution < -0.4 is 20.5 Å². The second kappa shape index (κ2) is 6.65. The van der Waals surface area contributed by atoms with Gasteiger partial charge in [0.15, 0.2) is 11.5 Å². The van der Waals surface area contributed by atoms with Gasteiger partial charge in [-0.2, -0.15) is 4.98 Å². The normalized spacial score (nSPS) is 10.3. The average molecular weight is 277 g/mol. The Hall–Kier alpha value is -2.44. The summed E-state index contributed by atoms with van der Waals surface area (Å²) in [7, 11) is 1.64. The summed E-state index contributed by atoms with van der Waals surface area (Å²) in [5.41, 5.74) is 6.58. The summed E-state index contributed by atoms with van der Waals surface area (Å²) in [5.74, 6) is 2.30. The van der Waals surface area contributed by atoms with E-state index in [-0.39, 0.29) is 0 Å². The summed E-state index contributed by atoms with van der Waals surface area (Å²) in [6.45, 7) is 3.26. The van der Waals surface area contributed by atoms with E-state index in [4.69, 9.17) is 15.2 Å². The standard InChI is InChI=1S/C13H19N5O2/c1-3-20-10-5-4-9(8-11(10)19-2)6-7-15-13-16-12(14)17-18-13/h4-5,8H,3,6-7H2,1-2H3,(H4,14,15,16,17,18). The van der Waals surface area contributed by atoms with Crippen LogP contribution in [-0.2, 0) is 6.42 Å². The molecule has 0 aliphatic carbocycles. The van der Waals surface area contributed by atoms with E-state index >= 15 is 0 Å². The van der Waals surface area contributed by atoms with Crippen LogP contribution in [0.3, 0.4) is 0 Å². The molecule has 108 valence electrons. The molecule has 1 aromatic carbocycles. The van der Waals surface area contributed by atoms with Gasteiger partial charge >= 0.3 is 0 Å². The van der Waals surface area contributed by atoms with Crippen molar-refractivity contribution < 1.29 is 9.47 Å². The van der Waals surface area contributed by atoms with Crippen LogP contribution in [0.1, 0.15) is 12.5 Å². The lowest BCUT2D eigenvalue weighted by Crippen LogP contribution is -2.06. The van der Waals surface area contributed by atoms with Gasteiger partial charge in [-0.25, -0.2) is 5.10 Å². The maximum Gasteiger partial charge on any atom is 0.243 e. The summed E-state index contributed by atoms with van der Waals surface area (Å²) in [6.07, 6.45) is 0.817. The van der Waals surface area contributed by atoms with Crippen LogP contribution in [-0.4, -0.2) is 35.4 Å². The minimum Gasteiger partial charge on any atom is -0.493 e. The lowest BCUT2D eigenvalue weighted by Gasteiger charge is -2.11. The van der Waals surface area contributed by atoms with E-state index in [2.05, 4.69) is 20.5 Å². The molecule has 0 radical (unpaired) electrons. The van der Waals surface area contributed by atoms with Crippen molar-refractivity contribution in [1.29, 1.82) is 0 Å². The molecule has 0 saturated heterocycles. The smallest absolute Gasteiger partial charge is 0.243 e. The fourth-order valence-corrected chi connectivity index (χ4v) is 1.81. The van der Waals surface area contributed by atoms with Gasteiger partial charge in [0.25, 0.3) is 0 Å². The number of methoxy groups -OCH3 is 1. The van der Waals surface area contributed by atoms with Gasteiger partial charge in [0.2, 0.25) is 11.9 Å². The minimum atomic E-state index is 0.301. The van der Waals surface area contributed by atoms with Crippen LogP contribution in [0, 0.1) is 0 Å². The van der Waals surface area contributed by atoms with Gasteiger partial charge in [-0.1, -0.05) is 6.07 Å². The van der Waals surface area contributed by atoms with E-state index in [1.807, 2.05) is 25.1 Å². The molecule has 4 N–H and O–H groups in total. The van der Waals surface area contributed by atoms with Gasteiger partial charge in [-0.3, -0.25) is 0 Å². The Morgan fingerprint density at radius 1 is 1.35 bits per heavy atom. The quantitative estimate of drug-likeness (QED) is 0.708. The van der Waals surface area contributed by atoms with Crippen LogP contribution in [0.25, 0.3) is 0 Å². The zero-order valence-corrected chi connectivity index (χ0v) is 11.6. The number of benzene rings is 1. The van der Waals surface area contributed by atoms with Gasteiger partial charge in [0.1, 0.15) is 0 Å². The second-order valence-electron chi connectivity index (χ2n) is 4.14. The third-order valence-electron chi connectivity index (χ3n) is 2.73. The number of nitrogen functional groups attached to an aromatic ring is 1. The maximum absolute atomic E-state index is 5.48. The fraction of sp³-hybridized carbons (Fsp3) is 0.385. The number of rotatable bonds is 7. The summed E-state index contributed by atoms with van der Waals surface area (Å²) in [4.78, 5) is 3.97. The topological polar surface area (TPSA) is 98.1 Å². The molecular weight excluding hydrogens is 258 g/mol. The molecule has 0 atom stereocenters. The number of anilines is 2. The van der Waals surface area contributed by atoms with E-state index in [1.54, 1.807) is 7.11 Å². The first kappa shape index (κ1) is 14.0.